The molecule has 1 saturated heterocycles. The maximum absolute atomic E-state index is 12.1. The van der Waals surface area contributed by atoms with Gasteiger partial charge in [-0.25, -0.2) is 0 Å². The minimum absolute atomic E-state index is 0.0122. The first-order valence-corrected chi connectivity index (χ1v) is 6.51. The van der Waals surface area contributed by atoms with E-state index in [0.29, 0.717) is 26.1 Å². The lowest BCUT2D eigenvalue weighted by atomic mass is 9.87. The predicted octanol–water partition coefficient (Wildman–Crippen LogP) is 0.349. The van der Waals surface area contributed by atoms with Gasteiger partial charge in [0.2, 0.25) is 11.8 Å². The summed E-state index contributed by atoms with van der Waals surface area (Å²) in [5.74, 6) is -0.571. The summed E-state index contributed by atoms with van der Waals surface area (Å²) in [4.78, 5) is 23.4. The fourth-order valence-electron chi connectivity index (χ4n) is 2.55. The van der Waals surface area contributed by atoms with Gasteiger partial charge in [-0.1, -0.05) is 12.2 Å². The summed E-state index contributed by atoms with van der Waals surface area (Å²) < 4.78 is 5.23. The third-order valence-corrected chi connectivity index (χ3v) is 3.72. The average molecular weight is 252 g/mol. The Morgan fingerprint density at radius 2 is 1.83 bits per heavy atom. The molecule has 1 heterocycles. The molecule has 3 N–H and O–H groups in total. The molecule has 0 bridgehead atoms. The van der Waals surface area contributed by atoms with Gasteiger partial charge in [-0.2, -0.15) is 0 Å². The van der Waals surface area contributed by atoms with E-state index >= 15 is 0 Å². The monoisotopic (exact) mass is 252 g/mol. The molecule has 100 valence electrons. The van der Waals surface area contributed by atoms with Gasteiger partial charge in [0.15, 0.2) is 0 Å². The van der Waals surface area contributed by atoms with Gasteiger partial charge in [0.05, 0.1) is 5.92 Å². The number of nitrogens with one attached hydrogen (secondary N) is 1. The first-order chi connectivity index (χ1) is 8.68. The molecular weight excluding hydrogens is 232 g/mol. The highest BCUT2D eigenvalue weighted by Gasteiger charge is 2.30. The lowest BCUT2D eigenvalue weighted by Crippen LogP contribution is -2.48. The molecule has 0 aromatic carbocycles. The van der Waals surface area contributed by atoms with Gasteiger partial charge in [0.1, 0.15) is 0 Å². The molecule has 0 aromatic heterocycles. The largest absolute Gasteiger partial charge is 0.381 e. The van der Waals surface area contributed by atoms with E-state index in [1.54, 1.807) is 0 Å². The molecule has 0 unspecified atom stereocenters. The van der Waals surface area contributed by atoms with Crippen LogP contribution in [-0.2, 0) is 14.3 Å². The van der Waals surface area contributed by atoms with Gasteiger partial charge in [-0.15, -0.1) is 0 Å². The van der Waals surface area contributed by atoms with Crippen molar-refractivity contribution in [2.24, 2.45) is 17.6 Å². The van der Waals surface area contributed by atoms with E-state index in [9.17, 15) is 9.59 Å². The van der Waals surface area contributed by atoms with Crippen molar-refractivity contribution in [1.29, 1.82) is 0 Å². The van der Waals surface area contributed by atoms with Gasteiger partial charge in [0.25, 0.3) is 0 Å². The minimum Gasteiger partial charge on any atom is -0.381 e. The lowest BCUT2D eigenvalue weighted by molar-refractivity contribution is -0.130. The number of hydrogen-bond acceptors (Lipinski definition) is 3. The van der Waals surface area contributed by atoms with Crippen LogP contribution < -0.4 is 11.1 Å². The summed E-state index contributed by atoms with van der Waals surface area (Å²) >= 11 is 0. The molecule has 5 heteroatoms. The van der Waals surface area contributed by atoms with Crippen LogP contribution in [0.15, 0.2) is 12.2 Å². The van der Waals surface area contributed by atoms with Gasteiger partial charge in [-0.05, 0) is 25.7 Å². The summed E-state index contributed by atoms with van der Waals surface area (Å²) in [7, 11) is 0. The number of nitrogens with two attached hydrogens (primary N) is 1. The molecule has 1 aliphatic carbocycles. The van der Waals surface area contributed by atoms with E-state index in [0.717, 1.165) is 12.8 Å². The molecule has 2 amide bonds. The van der Waals surface area contributed by atoms with Crippen molar-refractivity contribution in [3.8, 4) is 0 Å². The van der Waals surface area contributed by atoms with E-state index in [1.165, 1.54) is 0 Å². The fraction of sp³-hybridized carbons (Fsp3) is 0.692. The van der Waals surface area contributed by atoms with E-state index in [2.05, 4.69) is 5.32 Å². The number of carbonyl (C=O) groups excluding carboxylic acids is 2. The second-order valence-electron chi connectivity index (χ2n) is 4.95. The maximum atomic E-state index is 12.1. The Bertz CT molecular complexity index is 348. The normalized spacial score (nSPS) is 28.9. The van der Waals surface area contributed by atoms with E-state index in [4.69, 9.17) is 10.5 Å². The van der Waals surface area contributed by atoms with Crippen LogP contribution in [0.1, 0.15) is 25.7 Å². The predicted molar refractivity (Wildman–Crippen MR) is 66.5 cm³/mol. The van der Waals surface area contributed by atoms with Crippen molar-refractivity contribution in [3.05, 3.63) is 12.2 Å². The van der Waals surface area contributed by atoms with Crippen LogP contribution in [0.4, 0.5) is 0 Å². The first-order valence-electron chi connectivity index (χ1n) is 6.51. The van der Waals surface area contributed by atoms with Crippen molar-refractivity contribution in [1.82, 2.24) is 5.32 Å². The van der Waals surface area contributed by atoms with Crippen LogP contribution in [0.3, 0.4) is 0 Å². The lowest BCUT2D eigenvalue weighted by Gasteiger charge is -2.29. The van der Waals surface area contributed by atoms with Crippen molar-refractivity contribution in [2.45, 2.75) is 31.7 Å². The molecule has 0 radical (unpaired) electrons. The summed E-state index contributed by atoms with van der Waals surface area (Å²) in [6.45, 7) is 1.28. The van der Waals surface area contributed by atoms with Gasteiger partial charge < -0.3 is 15.8 Å². The molecule has 2 aliphatic rings. The minimum atomic E-state index is -0.336. The SMILES string of the molecule is NC(=O)[C@@H]1CC=CC[C@H]1NC(=O)C1CCOCC1. The molecule has 0 aromatic rings. The number of allylic oxidation sites excluding steroid dienone is 1. The molecule has 0 spiro atoms. The topological polar surface area (TPSA) is 81.4 Å². The quantitative estimate of drug-likeness (QED) is 0.711. The Kier molecular flexibility index (Phi) is 4.36. The second-order valence-corrected chi connectivity index (χ2v) is 4.95. The average Bonchev–Trinajstić information content (AvgIpc) is 2.40. The van der Waals surface area contributed by atoms with Crippen molar-refractivity contribution < 1.29 is 14.3 Å². The summed E-state index contributed by atoms with van der Waals surface area (Å²) in [6.07, 6.45) is 6.77. The summed E-state index contributed by atoms with van der Waals surface area (Å²) in [5, 5.41) is 2.97. The van der Waals surface area contributed by atoms with Gasteiger partial charge in [0, 0.05) is 25.2 Å². The molecule has 18 heavy (non-hydrogen) atoms. The van der Waals surface area contributed by atoms with Crippen molar-refractivity contribution in [3.63, 3.8) is 0 Å². The molecule has 2 rings (SSSR count). The van der Waals surface area contributed by atoms with Gasteiger partial charge >= 0.3 is 0 Å². The van der Waals surface area contributed by atoms with Crippen LogP contribution in [0, 0.1) is 11.8 Å². The van der Waals surface area contributed by atoms with Crippen LogP contribution in [0.5, 0.6) is 0 Å². The molecule has 1 fully saturated rings. The Morgan fingerprint density at radius 3 is 2.50 bits per heavy atom. The second kappa shape index (κ2) is 6.00. The van der Waals surface area contributed by atoms with Crippen LogP contribution >= 0.6 is 0 Å². The summed E-state index contributed by atoms with van der Waals surface area (Å²) in [6, 6.07) is -0.150. The number of amides is 2. The third kappa shape index (κ3) is 3.10. The van der Waals surface area contributed by atoms with Crippen molar-refractivity contribution in [2.75, 3.05) is 13.2 Å². The Labute approximate surface area is 107 Å². The smallest absolute Gasteiger partial charge is 0.223 e. The van der Waals surface area contributed by atoms with E-state index in [-0.39, 0.29) is 29.7 Å². The standard InChI is InChI=1S/C13H20N2O3/c14-12(16)10-3-1-2-4-11(10)15-13(17)9-5-7-18-8-6-9/h1-2,9-11H,3-8H2,(H2,14,16)(H,15,17)/t10-,11-/m1/s1. The van der Waals surface area contributed by atoms with E-state index in [1.807, 2.05) is 12.2 Å². The van der Waals surface area contributed by atoms with Crippen LogP contribution in [-0.4, -0.2) is 31.1 Å². The van der Waals surface area contributed by atoms with Crippen molar-refractivity contribution >= 4 is 11.8 Å². The Balaban J connectivity index is 1.92. The van der Waals surface area contributed by atoms with Gasteiger partial charge in [-0.3, -0.25) is 9.59 Å². The number of primary amides is 1. The number of hydrogen-bond donors (Lipinski definition) is 2. The molecule has 1 aliphatic heterocycles. The molecular formula is C13H20N2O3. The Morgan fingerprint density at radius 1 is 1.17 bits per heavy atom. The maximum Gasteiger partial charge on any atom is 0.223 e. The molecule has 2 atom stereocenters. The highest BCUT2D eigenvalue weighted by Crippen LogP contribution is 2.21. The van der Waals surface area contributed by atoms with Crippen LogP contribution in [0.25, 0.3) is 0 Å². The summed E-state index contributed by atoms with van der Waals surface area (Å²) in [5.41, 5.74) is 5.37. The van der Waals surface area contributed by atoms with E-state index < -0.39 is 0 Å². The highest BCUT2D eigenvalue weighted by molar-refractivity contribution is 5.82. The van der Waals surface area contributed by atoms with Crippen LogP contribution in [0.2, 0.25) is 0 Å². The zero-order chi connectivity index (χ0) is 13.0. The Hall–Kier alpha value is -1.36. The molecule has 0 saturated carbocycles. The highest BCUT2D eigenvalue weighted by atomic mass is 16.5. The number of carbonyl (C=O) groups is 2. The third-order valence-electron chi connectivity index (χ3n) is 3.72. The zero-order valence-corrected chi connectivity index (χ0v) is 10.4. The molecule has 5 nitrogen and oxygen atoms in total. The number of ether oxygens (including phenoxy) is 1. The number of rotatable bonds is 3. The zero-order valence-electron chi connectivity index (χ0n) is 10.4. The first kappa shape index (κ1) is 13.1. The fourth-order valence-corrected chi connectivity index (χ4v) is 2.55.